The Bertz CT molecular complexity index is 571. The van der Waals surface area contributed by atoms with E-state index in [4.69, 9.17) is 0 Å². The molecule has 0 aliphatic carbocycles. The zero-order valence-electron chi connectivity index (χ0n) is 10.8. The van der Waals surface area contributed by atoms with E-state index in [2.05, 4.69) is 10.3 Å². The van der Waals surface area contributed by atoms with Gasteiger partial charge >= 0.3 is 0 Å². The fourth-order valence-corrected chi connectivity index (χ4v) is 1.91. The second-order valence-corrected chi connectivity index (χ2v) is 4.49. The molecule has 0 saturated carbocycles. The molecule has 3 heteroatoms. The molecule has 3 nitrogen and oxygen atoms in total. The van der Waals surface area contributed by atoms with Gasteiger partial charge in [-0.2, -0.15) is 0 Å². The molecule has 0 spiro atoms. The molecular weight excluding hydrogens is 224 g/mol. The minimum absolute atomic E-state index is 0.125. The van der Waals surface area contributed by atoms with E-state index in [1.54, 1.807) is 6.07 Å². The minimum atomic E-state index is -0.125. The lowest BCUT2D eigenvalue weighted by Gasteiger charge is -2.07. The predicted octanol–water partition coefficient (Wildman–Crippen LogP) is 3.26. The molecule has 1 amide bonds. The van der Waals surface area contributed by atoms with Crippen molar-refractivity contribution in [2.24, 2.45) is 0 Å². The van der Waals surface area contributed by atoms with Gasteiger partial charge in [0.2, 0.25) is 0 Å². The topological polar surface area (TPSA) is 42.0 Å². The highest BCUT2D eigenvalue weighted by Crippen LogP contribution is 2.11. The van der Waals surface area contributed by atoms with Crippen LogP contribution in [0.4, 0.5) is 5.82 Å². The van der Waals surface area contributed by atoms with Crippen LogP contribution in [-0.4, -0.2) is 10.9 Å². The SMILES string of the molecule is Cc1cc(C)cc(C(=O)Nc2cccc(C)n2)c1. The van der Waals surface area contributed by atoms with Crippen LogP contribution in [0.3, 0.4) is 0 Å². The largest absolute Gasteiger partial charge is 0.307 e. The average Bonchev–Trinajstić information content (AvgIpc) is 2.27. The molecule has 92 valence electrons. The van der Waals surface area contributed by atoms with Crippen LogP contribution in [0.15, 0.2) is 36.4 Å². The molecule has 0 unspecified atom stereocenters. The number of aromatic nitrogens is 1. The van der Waals surface area contributed by atoms with Crippen molar-refractivity contribution in [3.63, 3.8) is 0 Å². The number of hydrogen-bond donors (Lipinski definition) is 1. The Hall–Kier alpha value is -2.16. The van der Waals surface area contributed by atoms with Gasteiger partial charge in [0.25, 0.3) is 5.91 Å². The summed E-state index contributed by atoms with van der Waals surface area (Å²) in [6.07, 6.45) is 0. The molecule has 1 aromatic carbocycles. The molecule has 0 bridgehead atoms. The highest BCUT2D eigenvalue weighted by Gasteiger charge is 2.07. The Morgan fingerprint density at radius 1 is 1.06 bits per heavy atom. The van der Waals surface area contributed by atoms with Crippen molar-refractivity contribution in [2.45, 2.75) is 20.8 Å². The van der Waals surface area contributed by atoms with Crippen molar-refractivity contribution >= 4 is 11.7 Å². The van der Waals surface area contributed by atoms with E-state index in [1.165, 1.54) is 0 Å². The molecule has 2 rings (SSSR count). The second-order valence-electron chi connectivity index (χ2n) is 4.49. The molecule has 1 N–H and O–H groups in total. The number of nitrogens with zero attached hydrogens (tertiary/aromatic N) is 1. The number of anilines is 1. The molecule has 1 aromatic heterocycles. The Morgan fingerprint density at radius 2 is 1.72 bits per heavy atom. The number of pyridine rings is 1. The van der Waals surface area contributed by atoms with Crippen LogP contribution in [0.2, 0.25) is 0 Å². The summed E-state index contributed by atoms with van der Waals surface area (Å²) in [7, 11) is 0. The first-order valence-electron chi connectivity index (χ1n) is 5.88. The first kappa shape index (κ1) is 12.3. The summed E-state index contributed by atoms with van der Waals surface area (Å²) in [5, 5.41) is 2.80. The standard InChI is InChI=1S/C15H16N2O/c1-10-7-11(2)9-13(8-10)15(18)17-14-6-4-5-12(3)16-14/h4-9H,1-3H3,(H,16,17,18). The van der Waals surface area contributed by atoms with Crippen LogP contribution in [0, 0.1) is 20.8 Å². The monoisotopic (exact) mass is 240 g/mol. The van der Waals surface area contributed by atoms with Crippen LogP contribution in [0.5, 0.6) is 0 Å². The zero-order valence-corrected chi connectivity index (χ0v) is 10.8. The van der Waals surface area contributed by atoms with Crippen molar-refractivity contribution in [1.29, 1.82) is 0 Å². The predicted molar refractivity (Wildman–Crippen MR) is 72.8 cm³/mol. The van der Waals surface area contributed by atoms with Gasteiger partial charge in [-0.15, -0.1) is 0 Å². The van der Waals surface area contributed by atoms with Crippen molar-refractivity contribution in [3.05, 3.63) is 58.8 Å². The van der Waals surface area contributed by atoms with Crippen LogP contribution >= 0.6 is 0 Å². The van der Waals surface area contributed by atoms with E-state index in [0.717, 1.165) is 16.8 Å². The van der Waals surface area contributed by atoms with Gasteiger partial charge in [0.15, 0.2) is 0 Å². The van der Waals surface area contributed by atoms with Crippen LogP contribution in [0.1, 0.15) is 27.2 Å². The molecule has 0 aliphatic heterocycles. The van der Waals surface area contributed by atoms with Gasteiger partial charge in [0.1, 0.15) is 5.82 Å². The summed E-state index contributed by atoms with van der Waals surface area (Å²) >= 11 is 0. The Balaban J connectivity index is 2.22. The average molecular weight is 240 g/mol. The Kier molecular flexibility index (Phi) is 3.42. The number of nitrogens with one attached hydrogen (secondary N) is 1. The molecule has 0 atom stereocenters. The van der Waals surface area contributed by atoms with Crippen LogP contribution in [-0.2, 0) is 0 Å². The van der Waals surface area contributed by atoms with Gasteiger partial charge in [-0.25, -0.2) is 4.98 Å². The summed E-state index contributed by atoms with van der Waals surface area (Å²) in [5.74, 6) is 0.457. The first-order valence-corrected chi connectivity index (χ1v) is 5.88. The third-order valence-corrected chi connectivity index (χ3v) is 2.61. The van der Waals surface area contributed by atoms with Gasteiger partial charge in [-0.3, -0.25) is 4.79 Å². The lowest BCUT2D eigenvalue weighted by atomic mass is 10.1. The molecular formula is C15H16N2O. The van der Waals surface area contributed by atoms with Crippen LogP contribution < -0.4 is 5.32 Å². The number of benzene rings is 1. The van der Waals surface area contributed by atoms with Gasteiger partial charge < -0.3 is 5.32 Å². The third-order valence-electron chi connectivity index (χ3n) is 2.61. The fraction of sp³-hybridized carbons (Fsp3) is 0.200. The number of amides is 1. The fourth-order valence-electron chi connectivity index (χ4n) is 1.91. The zero-order chi connectivity index (χ0) is 13.1. The number of carbonyl (C=O) groups is 1. The normalized spacial score (nSPS) is 10.2. The van der Waals surface area contributed by atoms with Crippen molar-refractivity contribution in [2.75, 3.05) is 5.32 Å². The van der Waals surface area contributed by atoms with Crippen molar-refractivity contribution < 1.29 is 4.79 Å². The smallest absolute Gasteiger partial charge is 0.256 e. The molecule has 18 heavy (non-hydrogen) atoms. The number of carbonyl (C=O) groups excluding carboxylic acids is 1. The highest BCUT2D eigenvalue weighted by molar-refractivity contribution is 6.04. The quantitative estimate of drug-likeness (QED) is 0.875. The molecule has 0 saturated heterocycles. The molecule has 0 radical (unpaired) electrons. The van der Waals surface area contributed by atoms with Crippen molar-refractivity contribution in [3.8, 4) is 0 Å². The van der Waals surface area contributed by atoms with E-state index < -0.39 is 0 Å². The van der Waals surface area contributed by atoms with Gasteiger partial charge in [0, 0.05) is 11.3 Å². The lowest BCUT2D eigenvalue weighted by molar-refractivity contribution is 0.102. The van der Waals surface area contributed by atoms with E-state index in [0.29, 0.717) is 11.4 Å². The summed E-state index contributed by atoms with van der Waals surface area (Å²) < 4.78 is 0. The van der Waals surface area contributed by atoms with Crippen LogP contribution in [0.25, 0.3) is 0 Å². The van der Waals surface area contributed by atoms with Gasteiger partial charge in [-0.1, -0.05) is 23.3 Å². The van der Waals surface area contributed by atoms with E-state index in [-0.39, 0.29) is 5.91 Å². The molecule has 0 aliphatic rings. The molecule has 1 heterocycles. The highest BCUT2D eigenvalue weighted by atomic mass is 16.1. The first-order chi connectivity index (χ1) is 8.54. The van der Waals surface area contributed by atoms with E-state index in [1.807, 2.05) is 51.1 Å². The molecule has 0 fully saturated rings. The number of rotatable bonds is 2. The molecule has 2 aromatic rings. The maximum atomic E-state index is 12.1. The summed E-state index contributed by atoms with van der Waals surface area (Å²) in [6, 6.07) is 11.3. The maximum absolute atomic E-state index is 12.1. The van der Waals surface area contributed by atoms with Gasteiger partial charge in [-0.05, 0) is 45.0 Å². The van der Waals surface area contributed by atoms with E-state index in [9.17, 15) is 4.79 Å². The maximum Gasteiger partial charge on any atom is 0.256 e. The number of hydrogen-bond acceptors (Lipinski definition) is 2. The number of aryl methyl sites for hydroxylation is 3. The Labute approximate surface area is 107 Å². The Morgan fingerprint density at radius 3 is 2.33 bits per heavy atom. The second kappa shape index (κ2) is 5.00. The summed E-state index contributed by atoms with van der Waals surface area (Å²) in [4.78, 5) is 16.3. The van der Waals surface area contributed by atoms with Gasteiger partial charge in [0.05, 0.1) is 0 Å². The lowest BCUT2D eigenvalue weighted by Crippen LogP contribution is -2.13. The minimum Gasteiger partial charge on any atom is -0.307 e. The van der Waals surface area contributed by atoms with Crippen molar-refractivity contribution in [1.82, 2.24) is 4.98 Å². The van der Waals surface area contributed by atoms with E-state index >= 15 is 0 Å². The summed E-state index contributed by atoms with van der Waals surface area (Å²) in [5.41, 5.74) is 3.71. The third kappa shape index (κ3) is 2.94. The summed E-state index contributed by atoms with van der Waals surface area (Å²) in [6.45, 7) is 5.86.